The highest BCUT2D eigenvalue weighted by atomic mass is 19.1. The average Bonchev–Trinajstić information content (AvgIpc) is 1.81. The third-order valence-corrected chi connectivity index (χ3v) is 0.956. The lowest BCUT2D eigenvalue weighted by Gasteiger charge is -1.88. The summed E-state index contributed by atoms with van der Waals surface area (Å²) in [7, 11) is 0. The lowest BCUT2D eigenvalue weighted by atomic mass is 10.2. The van der Waals surface area contributed by atoms with Gasteiger partial charge in [-0.1, -0.05) is 6.42 Å². The molecule has 0 amide bonds. The summed E-state index contributed by atoms with van der Waals surface area (Å²) in [5, 5.41) is 0. The van der Waals surface area contributed by atoms with Crippen LogP contribution in [0.4, 0.5) is 4.39 Å². The number of alkyl halides is 1. The zero-order valence-corrected chi connectivity index (χ0v) is 4.90. The molecule has 0 spiro atoms. The van der Waals surface area contributed by atoms with Gasteiger partial charge in [0.25, 0.3) is 0 Å². The summed E-state index contributed by atoms with van der Waals surface area (Å²) in [6, 6.07) is 0. The molecule has 48 valence electrons. The second kappa shape index (κ2) is 6.60. The first-order valence-corrected chi connectivity index (χ1v) is 2.91. The van der Waals surface area contributed by atoms with Crippen LogP contribution >= 0.6 is 0 Å². The van der Waals surface area contributed by atoms with Crippen molar-refractivity contribution in [3.05, 3.63) is 0 Å². The highest BCUT2D eigenvalue weighted by Crippen LogP contribution is 1.96. The highest BCUT2D eigenvalue weighted by Gasteiger charge is 1.85. The largest absolute Gasteiger partial charge is 0.303 e. The molecule has 2 heteroatoms. The molecule has 0 heterocycles. The fourth-order valence-corrected chi connectivity index (χ4v) is 0.499. The summed E-state index contributed by atoms with van der Waals surface area (Å²) in [5.41, 5.74) is 0. The summed E-state index contributed by atoms with van der Waals surface area (Å²) in [5.74, 6) is 0. The SMILES string of the molecule is O=CCCCCCF. The van der Waals surface area contributed by atoms with Crippen LogP contribution in [0.5, 0.6) is 0 Å². The standard InChI is InChI=1S/C6H11FO/c7-5-3-1-2-4-6-8/h6H,1-5H2. The number of rotatable bonds is 5. The number of unbranched alkanes of at least 4 members (excludes halogenated alkanes) is 3. The van der Waals surface area contributed by atoms with Crippen LogP contribution in [-0.4, -0.2) is 13.0 Å². The number of hydrogen-bond donors (Lipinski definition) is 0. The Morgan fingerprint density at radius 2 is 2.00 bits per heavy atom. The summed E-state index contributed by atoms with van der Waals surface area (Å²) < 4.78 is 11.3. The fourth-order valence-electron chi connectivity index (χ4n) is 0.499. The van der Waals surface area contributed by atoms with E-state index in [0.29, 0.717) is 12.8 Å². The highest BCUT2D eigenvalue weighted by molar-refractivity contribution is 5.48. The molecule has 0 aliphatic rings. The van der Waals surface area contributed by atoms with Crippen molar-refractivity contribution in [2.75, 3.05) is 6.67 Å². The van der Waals surface area contributed by atoms with Gasteiger partial charge >= 0.3 is 0 Å². The molecule has 8 heavy (non-hydrogen) atoms. The van der Waals surface area contributed by atoms with Crippen molar-refractivity contribution in [2.45, 2.75) is 25.7 Å². The van der Waals surface area contributed by atoms with Crippen molar-refractivity contribution in [3.63, 3.8) is 0 Å². The van der Waals surface area contributed by atoms with Crippen molar-refractivity contribution in [1.82, 2.24) is 0 Å². The van der Waals surface area contributed by atoms with Crippen molar-refractivity contribution in [3.8, 4) is 0 Å². The van der Waals surface area contributed by atoms with Gasteiger partial charge in [-0.3, -0.25) is 4.39 Å². The van der Waals surface area contributed by atoms with Crippen LogP contribution in [0.25, 0.3) is 0 Å². The Bertz CT molecular complexity index is 54.5. The van der Waals surface area contributed by atoms with E-state index < -0.39 is 0 Å². The van der Waals surface area contributed by atoms with Crippen molar-refractivity contribution in [1.29, 1.82) is 0 Å². The number of aldehydes is 1. The molecule has 0 aromatic heterocycles. The van der Waals surface area contributed by atoms with Gasteiger partial charge in [-0.25, -0.2) is 0 Å². The van der Waals surface area contributed by atoms with Gasteiger partial charge in [-0.2, -0.15) is 0 Å². The first-order valence-electron chi connectivity index (χ1n) is 2.91. The van der Waals surface area contributed by atoms with Crippen LogP contribution in [0.2, 0.25) is 0 Å². The van der Waals surface area contributed by atoms with Crippen LogP contribution in [0, 0.1) is 0 Å². The molecule has 1 nitrogen and oxygen atoms in total. The molecule has 0 aromatic carbocycles. The maximum absolute atomic E-state index is 11.3. The van der Waals surface area contributed by atoms with E-state index >= 15 is 0 Å². The lowest BCUT2D eigenvalue weighted by molar-refractivity contribution is -0.107. The maximum atomic E-state index is 11.3. The zero-order valence-electron chi connectivity index (χ0n) is 4.90. The Labute approximate surface area is 48.9 Å². The monoisotopic (exact) mass is 118 g/mol. The van der Waals surface area contributed by atoms with Crippen molar-refractivity contribution >= 4 is 6.29 Å². The Morgan fingerprint density at radius 1 is 1.25 bits per heavy atom. The predicted octanol–water partition coefficient (Wildman–Crippen LogP) is 1.72. The van der Waals surface area contributed by atoms with Crippen LogP contribution in [0.15, 0.2) is 0 Å². The van der Waals surface area contributed by atoms with Gasteiger partial charge in [0.1, 0.15) is 6.29 Å². The number of halogens is 1. The van der Waals surface area contributed by atoms with Gasteiger partial charge in [0, 0.05) is 6.42 Å². The summed E-state index contributed by atoms with van der Waals surface area (Å²) in [6.45, 7) is -0.251. The normalized spacial score (nSPS) is 9.12. The van der Waals surface area contributed by atoms with E-state index in [9.17, 15) is 9.18 Å². The Balaban J connectivity index is 2.62. The molecular weight excluding hydrogens is 107 g/mol. The maximum Gasteiger partial charge on any atom is 0.119 e. The molecule has 0 aliphatic carbocycles. The first kappa shape index (κ1) is 7.60. The molecule has 0 aliphatic heterocycles. The Kier molecular flexibility index (Phi) is 6.27. The number of hydrogen-bond acceptors (Lipinski definition) is 1. The van der Waals surface area contributed by atoms with Crippen molar-refractivity contribution in [2.24, 2.45) is 0 Å². The molecular formula is C6H11FO. The van der Waals surface area contributed by atoms with E-state index in [4.69, 9.17) is 0 Å². The predicted molar refractivity (Wildman–Crippen MR) is 30.5 cm³/mol. The van der Waals surface area contributed by atoms with Gasteiger partial charge in [0.15, 0.2) is 0 Å². The quantitative estimate of drug-likeness (QED) is 0.396. The Hall–Kier alpha value is -0.400. The van der Waals surface area contributed by atoms with Crippen LogP contribution < -0.4 is 0 Å². The molecule has 0 fully saturated rings. The minimum Gasteiger partial charge on any atom is -0.303 e. The second-order valence-electron chi connectivity index (χ2n) is 1.70. The molecule has 0 saturated carbocycles. The minimum absolute atomic E-state index is 0.251. The summed E-state index contributed by atoms with van der Waals surface area (Å²) >= 11 is 0. The molecule has 0 unspecified atom stereocenters. The Morgan fingerprint density at radius 3 is 2.50 bits per heavy atom. The number of carbonyl (C=O) groups is 1. The lowest BCUT2D eigenvalue weighted by Crippen LogP contribution is -1.79. The molecule has 0 saturated heterocycles. The van der Waals surface area contributed by atoms with Crippen LogP contribution in [0.1, 0.15) is 25.7 Å². The fraction of sp³-hybridized carbons (Fsp3) is 0.833. The minimum atomic E-state index is -0.251. The summed E-state index contributed by atoms with van der Waals surface area (Å²) in [6.07, 6.45) is 3.74. The molecule has 0 atom stereocenters. The van der Waals surface area contributed by atoms with E-state index in [1.807, 2.05) is 0 Å². The van der Waals surface area contributed by atoms with E-state index in [2.05, 4.69) is 0 Å². The molecule has 0 N–H and O–H groups in total. The molecule has 0 aromatic rings. The average molecular weight is 118 g/mol. The van der Waals surface area contributed by atoms with Crippen LogP contribution in [0.3, 0.4) is 0 Å². The second-order valence-corrected chi connectivity index (χ2v) is 1.70. The number of carbonyl (C=O) groups excluding carboxylic acids is 1. The molecule has 0 rings (SSSR count). The van der Waals surface area contributed by atoms with Crippen molar-refractivity contribution < 1.29 is 9.18 Å². The van der Waals surface area contributed by atoms with Gasteiger partial charge in [-0.15, -0.1) is 0 Å². The molecule has 0 radical (unpaired) electrons. The van der Waals surface area contributed by atoms with E-state index in [1.165, 1.54) is 0 Å². The molecule has 0 bridgehead atoms. The topological polar surface area (TPSA) is 17.1 Å². The smallest absolute Gasteiger partial charge is 0.119 e. The van der Waals surface area contributed by atoms with Crippen LogP contribution in [-0.2, 0) is 4.79 Å². The first-order chi connectivity index (χ1) is 3.91. The third kappa shape index (κ3) is 5.60. The van der Waals surface area contributed by atoms with E-state index in [1.54, 1.807) is 0 Å². The van der Waals surface area contributed by atoms with Gasteiger partial charge in [0.2, 0.25) is 0 Å². The van der Waals surface area contributed by atoms with Gasteiger partial charge < -0.3 is 4.79 Å². The summed E-state index contributed by atoms with van der Waals surface area (Å²) in [4.78, 5) is 9.67. The van der Waals surface area contributed by atoms with E-state index in [-0.39, 0.29) is 6.67 Å². The van der Waals surface area contributed by atoms with Gasteiger partial charge in [-0.05, 0) is 12.8 Å². The van der Waals surface area contributed by atoms with Gasteiger partial charge in [0.05, 0.1) is 6.67 Å². The van der Waals surface area contributed by atoms with E-state index in [0.717, 1.165) is 19.1 Å². The zero-order chi connectivity index (χ0) is 6.24. The third-order valence-electron chi connectivity index (χ3n) is 0.956.